The highest BCUT2D eigenvalue weighted by molar-refractivity contribution is 9.10. The summed E-state index contributed by atoms with van der Waals surface area (Å²) in [5, 5.41) is 0. The van der Waals surface area contributed by atoms with E-state index < -0.39 is 0 Å². The number of carbonyl (C=O) groups is 1. The lowest BCUT2D eigenvalue weighted by atomic mass is 10.2. The lowest BCUT2D eigenvalue weighted by molar-refractivity contribution is 0.0599. The van der Waals surface area contributed by atoms with E-state index in [1.807, 2.05) is 6.92 Å². The molecule has 19 heavy (non-hydrogen) atoms. The number of nitrogens with zero attached hydrogens (tertiary/aromatic N) is 2. The molecule has 104 valence electrons. The average molecular weight is 329 g/mol. The molecular weight excluding hydrogens is 312 g/mol. The van der Waals surface area contributed by atoms with Gasteiger partial charge in [-0.25, -0.2) is 9.78 Å². The van der Waals surface area contributed by atoms with Crippen molar-refractivity contribution in [3.05, 3.63) is 22.3 Å². The van der Waals surface area contributed by atoms with E-state index in [1.165, 1.54) is 7.11 Å². The molecule has 1 saturated heterocycles. The fourth-order valence-electron chi connectivity index (χ4n) is 2.11. The smallest absolute Gasteiger partial charge is 0.339 e. The van der Waals surface area contributed by atoms with E-state index in [1.54, 1.807) is 12.3 Å². The molecule has 0 unspecified atom stereocenters. The molecule has 0 bridgehead atoms. The van der Waals surface area contributed by atoms with Gasteiger partial charge in [0.15, 0.2) is 0 Å². The number of aromatic nitrogens is 1. The third kappa shape index (κ3) is 3.25. The Hall–Kier alpha value is -1.14. The second-order valence-electron chi connectivity index (χ2n) is 4.47. The van der Waals surface area contributed by atoms with Crippen LogP contribution in [0.5, 0.6) is 0 Å². The summed E-state index contributed by atoms with van der Waals surface area (Å²) in [4.78, 5) is 18.2. The van der Waals surface area contributed by atoms with Crippen molar-refractivity contribution in [3.8, 4) is 0 Å². The zero-order valence-electron chi connectivity index (χ0n) is 11.1. The molecule has 1 aliphatic heterocycles. The highest BCUT2D eigenvalue weighted by Crippen LogP contribution is 2.29. The number of anilines is 1. The molecule has 1 aromatic rings. The highest BCUT2D eigenvalue weighted by atomic mass is 79.9. The summed E-state index contributed by atoms with van der Waals surface area (Å²) in [5.74, 6) is 0.398. The van der Waals surface area contributed by atoms with Crippen molar-refractivity contribution < 1.29 is 14.3 Å². The minimum atomic E-state index is -0.366. The lowest BCUT2D eigenvalue weighted by Gasteiger charge is -2.24. The van der Waals surface area contributed by atoms with Crippen LogP contribution in [0.3, 0.4) is 0 Å². The molecule has 2 heterocycles. The Labute approximate surface area is 121 Å². The molecule has 0 N–H and O–H groups in total. The number of ether oxygens (including phenoxy) is 2. The number of pyridine rings is 1. The summed E-state index contributed by atoms with van der Waals surface area (Å²) in [5.41, 5.74) is 0.491. The number of methoxy groups -OCH3 is 1. The quantitative estimate of drug-likeness (QED) is 0.779. The summed E-state index contributed by atoms with van der Waals surface area (Å²) >= 11 is 3.46. The zero-order valence-corrected chi connectivity index (χ0v) is 12.6. The van der Waals surface area contributed by atoms with Crippen molar-refractivity contribution in [2.75, 3.05) is 31.7 Å². The fraction of sp³-hybridized carbons (Fsp3) is 0.538. The van der Waals surface area contributed by atoms with Gasteiger partial charge in [-0.15, -0.1) is 0 Å². The molecule has 6 heteroatoms. The number of halogens is 1. The first-order valence-electron chi connectivity index (χ1n) is 6.23. The van der Waals surface area contributed by atoms with Crippen LogP contribution in [-0.4, -0.2) is 43.9 Å². The molecule has 1 atom stereocenters. The standard InChI is InChI=1S/C13H17BrN2O3/c1-9-8-16(6-3-7-19-9)12-11(14)10(4-5-15-12)13(17)18-2/h4-5,9H,3,6-8H2,1-2H3/t9-/m0/s1. The first kappa shape index (κ1) is 14.3. The van der Waals surface area contributed by atoms with Crippen molar-refractivity contribution in [3.63, 3.8) is 0 Å². The summed E-state index contributed by atoms with van der Waals surface area (Å²) in [6.07, 6.45) is 2.72. The number of esters is 1. The van der Waals surface area contributed by atoms with Crippen molar-refractivity contribution in [1.29, 1.82) is 0 Å². The van der Waals surface area contributed by atoms with Crippen LogP contribution in [0.25, 0.3) is 0 Å². The minimum absolute atomic E-state index is 0.151. The lowest BCUT2D eigenvalue weighted by Crippen LogP contribution is -2.31. The number of hydrogen-bond donors (Lipinski definition) is 0. The van der Waals surface area contributed by atoms with Gasteiger partial charge >= 0.3 is 5.97 Å². The topological polar surface area (TPSA) is 51.7 Å². The molecule has 0 spiro atoms. The molecule has 0 aromatic carbocycles. The maximum atomic E-state index is 11.7. The minimum Gasteiger partial charge on any atom is -0.465 e. The van der Waals surface area contributed by atoms with Crippen LogP contribution in [0.1, 0.15) is 23.7 Å². The number of hydrogen-bond acceptors (Lipinski definition) is 5. The summed E-state index contributed by atoms with van der Waals surface area (Å²) in [7, 11) is 1.37. The molecular formula is C13H17BrN2O3. The monoisotopic (exact) mass is 328 g/mol. The van der Waals surface area contributed by atoms with E-state index in [9.17, 15) is 4.79 Å². The van der Waals surface area contributed by atoms with Gasteiger partial charge in [-0.05, 0) is 35.3 Å². The van der Waals surface area contributed by atoms with Crippen molar-refractivity contribution in [2.24, 2.45) is 0 Å². The van der Waals surface area contributed by atoms with Gasteiger partial charge in [-0.3, -0.25) is 0 Å². The van der Waals surface area contributed by atoms with E-state index >= 15 is 0 Å². The first-order valence-corrected chi connectivity index (χ1v) is 7.02. The molecule has 0 aliphatic carbocycles. The van der Waals surface area contributed by atoms with Crippen molar-refractivity contribution in [2.45, 2.75) is 19.4 Å². The second kappa shape index (κ2) is 6.34. The maximum Gasteiger partial charge on any atom is 0.339 e. The predicted octanol–water partition coefficient (Wildman–Crippen LogP) is 2.25. The van der Waals surface area contributed by atoms with E-state index in [4.69, 9.17) is 9.47 Å². The maximum absolute atomic E-state index is 11.7. The van der Waals surface area contributed by atoms with Gasteiger partial charge < -0.3 is 14.4 Å². The molecule has 1 fully saturated rings. The summed E-state index contributed by atoms with van der Waals surface area (Å²) in [6.45, 7) is 4.42. The molecule has 5 nitrogen and oxygen atoms in total. The van der Waals surface area contributed by atoms with Gasteiger partial charge in [-0.2, -0.15) is 0 Å². The van der Waals surface area contributed by atoms with E-state index in [0.29, 0.717) is 10.0 Å². The van der Waals surface area contributed by atoms with E-state index in [2.05, 4.69) is 25.8 Å². The second-order valence-corrected chi connectivity index (χ2v) is 5.26. The Morgan fingerprint density at radius 2 is 2.42 bits per heavy atom. The molecule has 0 radical (unpaired) electrons. The van der Waals surface area contributed by atoms with Gasteiger partial charge in [0.2, 0.25) is 0 Å². The Balaban J connectivity index is 2.31. The van der Waals surface area contributed by atoms with Gasteiger partial charge in [0.05, 0.1) is 23.2 Å². The Morgan fingerprint density at radius 1 is 1.63 bits per heavy atom. The third-order valence-electron chi connectivity index (χ3n) is 3.03. The Kier molecular flexibility index (Phi) is 4.76. The summed E-state index contributed by atoms with van der Waals surface area (Å²) in [6, 6.07) is 1.65. The van der Waals surface area contributed by atoms with Crippen LogP contribution in [0.15, 0.2) is 16.7 Å². The van der Waals surface area contributed by atoms with Gasteiger partial charge in [0.25, 0.3) is 0 Å². The van der Waals surface area contributed by atoms with Crippen molar-refractivity contribution in [1.82, 2.24) is 4.98 Å². The Morgan fingerprint density at radius 3 is 3.16 bits per heavy atom. The molecule has 1 aliphatic rings. The van der Waals surface area contributed by atoms with Crippen LogP contribution in [0.2, 0.25) is 0 Å². The zero-order chi connectivity index (χ0) is 13.8. The normalized spacial score (nSPS) is 19.9. The average Bonchev–Trinajstić information content (AvgIpc) is 2.63. The molecule has 1 aromatic heterocycles. The van der Waals surface area contributed by atoms with Crippen LogP contribution >= 0.6 is 15.9 Å². The van der Waals surface area contributed by atoms with Crippen LogP contribution in [0, 0.1) is 0 Å². The van der Waals surface area contributed by atoms with Crippen LogP contribution in [0.4, 0.5) is 5.82 Å². The van der Waals surface area contributed by atoms with E-state index in [-0.39, 0.29) is 12.1 Å². The first-order chi connectivity index (χ1) is 9.13. The van der Waals surface area contributed by atoms with E-state index in [0.717, 1.165) is 31.9 Å². The summed E-state index contributed by atoms with van der Waals surface area (Å²) < 4.78 is 11.1. The molecule has 2 rings (SSSR count). The predicted molar refractivity (Wildman–Crippen MR) is 75.5 cm³/mol. The van der Waals surface area contributed by atoms with Gasteiger partial charge in [0.1, 0.15) is 5.82 Å². The van der Waals surface area contributed by atoms with Crippen LogP contribution < -0.4 is 4.90 Å². The van der Waals surface area contributed by atoms with Crippen molar-refractivity contribution >= 4 is 27.7 Å². The Bertz CT molecular complexity index is 467. The van der Waals surface area contributed by atoms with Gasteiger partial charge in [-0.1, -0.05) is 0 Å². The van der Waals surface area contributed by atoms with Gasteiger partial charge in [0, 0.05) is 25.9 Å². The SMILES string of the molecule is COC(=O)c1ccnc(N2CCCO[C@@H](C)C2)c1Br. The highest BCUT2D eigenvalue weighted by Gasteiger charge is 2.21. The third-order valence-corrected chi connectivity index (χ3v) is 3.81. The number of rotatable bonds is 2. The molecule has 0 saturated carbocycles. The largest absolute Gasteiger partial charge is 0.465 e. The molecule has 0 amide bonds. The van der Waals surface area contributed by atoms with Crippen LogP contribution in [-0.2, 0) is 9.47 Å². The number of carbonyl (C=O) groups excluding carboxylic acids is 1. The fourth-order valence-corrected chi connectivity index (χ4v) is 2.75.